The Morgan fingerprint density at radius 1 is 0.842 bits per heavy atom. The second-order valence-electron chi connectivity index (χ2n) is 5.17. The lowest BCUT2D eigenvalue weighted by Gasteiger charge is -2.06. The van der Waals surface area contributed by atoms with E-state index in [1.54, 1.807) is 0 Å². The molecule has 1 N–H and O–H groups in total. The van der Waals surface area contributed by atoms with Crippen molar-refractivity contribution >= 4 is 18.6 Å². The molecule has 0 aromatic rings. The Kier molecular flexibility index (Phi) is 13.8. The molecule has 0 aromatic heterocycles. The van der Waals surface area contributed by atoms with Gasteiger partial charge in [-0.2, -0.15) is 4.20 Å². The van der Waals surface area contributed by atoms with Gasteiger partial charge in [0.2, 0.25) is 0 Å². The smallest absolute Gasteiger partial charge is 0.321 e. The highest BCUT2D eigenvalue weighted by Crippen LogP contribution is 2.43. The van der Waals surface area contributed by atoms with Crippen LogP contribution in [0.4, 0.5) is 4.20 Å². The van der Waals surface area contributed by atoms with Gasteiger partial charge in [0.15, 0.2) is 0 Å². The van der Waals surface area contributed by atoms with E-state index in [2.05, 4.69) is 23.3 Å². The molecule has 0 fully saturated rings. The molecule has 0 saturated carbocycles. The van der Waals surface area contributed by atoms with Crippen molar-refractivity contribution in [3.63, 3.8) is 0 Å². The fraction of sp³-hybridized carbons (Fsp3) is 1.00. The summed E-state index contributed by atoms with van der Waals surface area (Å²) in [5.74, 6) is 0. The lowest BCUT2D eigenvalue weighted by Crippen LogP contribution is -1.90. The lowest BCUT2D eigenvalue weighted by atomic mass is 10.1. The van der Waals surface area contributed by atoms with Gasteiger partial charge in [0.05, 0.1) is 6.61 Å². The zero-order chi connectivity index (χ0) is 14.4. The van der Waals surface area contributed by atoms with E-state index >= 15 is 0 Å². The molecule has 0 aliphatic rings. The normalized spacial score (nSPS) is 14.5. The maximum atomic E-state index is 12.5. The van der Waals surface area contributed by atoms with Crippen LogP contribution < -0.4 is 0 Å². The lowest BCUT2D eigenvalue weighted by molar-refractivity contribution is 0.271. The maximum absolute atomic E-state index is 12.5. The van der Waals surface area contributed by atoms with Gasteiger partial charge in [0, 0.05) is 0 Å². The average Bonchev–Trinajstić information content (AvgIpc) is 2.34. The molecule has 0 heterocycles. The highest BCUT2D eigenvalue weighted by molar-refractivity contribution is 8.06. The summed E-state index contributed by atoms with van der Waals surface area (Å²) in [5, 5.41) is 0. The predicted octanol–water partition coefficient (Wildman–Crippen LogP) is 5.89. The van der Waals surface area contributed by atoms with Gasteiger partial charge < -0.3 is 9.42 Å². The number of unbranched alkanes of at least 4 members (excludes halogenated alkanes) is 11. The van der Waals surface area contributed by atoms with Crippen molar-refractivity contribution in [3.8, 4) is 0 Å². The van der Waals surface area contributed by atoms with Gasteiger partial charge in [-0.1, -0.05) is 77.6 Å². The van der Waals surface area contributed by atoms with Crippen LogP contribution in [0.5, 0.6) is 0 Å². The highest BCUT2D eigenvalue weighted by Gasteiger charge is 2.09. The molecule has 0 aliphatic heterocycles. The summed E-state index contributed by atoms with van der Waals surface area (Å²) in [6.07, 6.45) is 15.1. The van der Waals surface area contributed by atoms with Gasteiger partial charge in [-0.05, 0) is 18.2 Å². The highest BCUT2D eigenvalue weighted by atomic mass is 32.5. The Balaban J connectivity index is 3.01. The summed E-state index contributed by atoms with van der Waals surface area (Å²) >= 11 is 4.15. The molecular weight excluding hydrogens is 282 g/mol. The van der Waals surface area contributed by atoms with Crippen LogP contribution in [0, 0.1) is 0 Å². The van der Waals surface area contributed by atoms with Crippen LogP contribution in [-0.2, 0) is 16.3 Å². The van der Waals surface area contributed by atoms with E-state index in [9.17, 15) is 4.20 Å². The first-order chi connectivity index (χ1) is 9.06. The summed E-state index contributed by atoms with van der Waals surface area (Å²) in [7, 11) is 0. The van der Waals surface area contributed by atoms with Crippen molar-refractivity contribution in [2.24, 2.45) is 0 Å². The van der Waals surface area contributed by atoms with Crippen LogP contribution in [0.1, 0.15) is 84.0 Å². The molecule has 5 heteroatoms. The first kappa shape index (κ1) is 19.5. The molecule has 0 aromatic carbocycles. The van der Waals surface area contributed by atoms with E-state index in [-0.39, 0.29) is 6.61 Å². The summed E-state index contributed by atoms with van der Waals surface area (Å²) in [6.45, 7) is -1.42. The van der Waals surface area contributed by atoms with E-state index in [1.165, 1.54) is 64.2 Å². The minimum Gasteiger partial charge on any atom is -0.321 e. The second kappa shape index (κ2) is 13.5. The Labute approximate surface area is 123 Å². The van der Waals surface area contributed by atoms with Gasteiger partial charge in [-0.15, -0.1) is 0 Å². The third kappa shape index (κ3) is 18.5. The maximum Gasteiger partial charge on any atom is 0.363 e. The third-order valence-corrected chi connectivity index (χ3v) is 4.07. The molecule has 19 heavy (non-hydrogen) atoms. The minimum atomic E-state index is -3.91. The Morgan fingerprint density at radius 2 is 1.21 bits per heavy atom. The average molecular weight is 312 g/mol. The standard InChI is InChI=1S/C14H30FO2PS/c1-2-3-4-5-6-7-8-9-10-11-12-13-14-17-18(15,16)19/h2-14H2,1H3,(H,16,19). The number of halogens is 1. The largest absolute Gasteiger partial charge is 0.363 e. The SMILES string of the molecule is CCCCCCCCCCCCCCOP(O)(F)=S. The Bertz CT molecular complexity index is 233. The van der Waals surface area contributed by atoms with E-state index in [0.717, 1.165) is 12.8 Å². The van der Waals surface area contributed by atoms with E-state index in [4.69, 9.17) is 4.89 Å². The molecule has 0 rings (SSSR count). The van der Waals surface area contributed by atoms with Crippen LogP contribution in [0.25, 0.3) is 0 Å². The molecular formula is C14H30FO2PS. The van der Waals surface area contributed by atoms with Crippen molar-refractivity contribution in [2.45, 2.75) is 84.0 Å². The van der Waals surface area contributed by atoms with E-state index < -0.39 is 6.80 Å². The van der Waals surface area contributed by atoms with Gasteiger partial charge in [0.1, 0.15) is 0 Å². The van der Waals surface area contributed by atoms with Crippen LogP contribution in [0.3, 0.4) is 0 Å². The first-order valence-electron chi connectivity index (χ1n) is 7.73. The zero-order valence-corrected chi connectivity index (χ0v) is 14.0. The van der Waals surface area contributed by atoms with Crippen molar-refractivity contribution in [1.29, 1.82) is 0 Å². The number of hydrogen-bond acceptors (Lipinski definition) is 2. The molecule has 0 aliphatic carbocycles. The van der Waals surface area contributed by atoms with Crippen LogP contribution >= 0.6 is 6.80 Å². The summed E-state index contributed by atoms with van der Waals surface area (Å²) < 4.78 is 17.0. The quantitative estimate of drug-likeness (QED) is 0.320. The van der Waals surface area contributed by atoms with Gasteiger partial charge in [-0.25, -0.2) is 0 Å². The molecule has 2 nitrogen and oxygen atoms in total. The van der Waals surface area contributed by atoms with Crippen LogP contribution in [-0.4, -0.2) is 11.5 Å². The van der Waals surface area contributed by atoms with Crippen molar-refractivity contribution in [3.05, 3.63) is 0 Å². The number of hydrogen-bond donors (Lipinski definition) is 1. The topological polar surface area (TPSA) is 29.5 Å². The predicted molar refractivity (Wildman–Crippen MR) is 84.6 cm³/mol. The van der Waals surface area contributed by atoms with Crippen LogP contribution in [0.2, 0.25) is 0 Å². The number of rotatable bonds is 14. The molecule has 1 unspecified atom stereocenters. The molecule has 0 radical (unpaired) electrons. The summed E-state index contributed by atoms with van der Waals surface area (Å²) in [4.78, 5) is 8.63. The molecule has 0 saturated heterocycles. The summed E-state index contributed by atoms with van der Waals surface area (Å²) in [6, 6.07) is 0. The molecule has 0 bridgehead atoms. The van der Waals surface area contributed by atoms with Crippen molar-refractivity contribution in [2.75, 3.05) is 6.61 Å². The van der Waals surface area contributed by atoms with Gasteiger partial charge >= 0.3 is 6.80 Å². The molecule has 0 spiro atoms. The zero-order valence-electron chi connectivity index (χ0n) is 12.3. The van der Waals surface area contributed by atoms with Gasteiger partial charge in [0.25, 0.3) is 0 Å². The minimum absolute atomic E-state index is 0.252. The fourth-order valence-corrected chi connectivity index (χ4v) is 2.70. The fourth-order valence-electron chi connectivity index (χ4n) is 2.12. The van der Waals surface area contributed by atoms with Crippen molar-refractivity contribution < 1.29 is 13.6 Å². The summed E-state index contributed by atoms with van der Waals surface area (Å²) in [5.41, 5.74) is 0. The molecule has 116 valence electrons. The Hall–Kier alpha value is 0.500. The third-order valence-electron chi connectivity index (χ3n) is 3.25. The van der Waals surface area contributed by atoms with Gasteiger partial charge in [-0.3, -0.25) is 0 Å². The van der Waals surface area contributed by atoms with E-state index in [0.29, 0.717) is 0 Å². The monoisotopic (exact) mass is 312 g/mol. The molecule has 1 atom stereocenters. The Morgan fingerprint density at radius 3 is 1.58 bits per heavy atom. The molecule has 0 amide bonds. The van der Waals surface area contributed by atoms with Crippen LogP contribution in [0.15, 0.2) is 0 Å². The van der Waals surface area contributed by atoms with Crippen molar-refractivity contribution in [1.82, 2.24) is 0 Å². The second-order valence-corrected chi connectivity index (χ2v) is 7.69. The first-order valence-corrected chi connectivity index (χ1v) is 10.3. The van der Waals surface area contributed by atoms with E-state index in [1.807, 2.05) is 0 Å².